The SMILES string of the molecule is CCC1CC(C(=O)OC2(C)C3CC4CC(C3)CC2C4)C(F)(F)C(C)(F)C1(F)F. The van der Waals surface area contributed by atoms with Gasteiger partial charge in [-0.05, 0) is 82.5 Å². The minimum Gasteiger partial charge on any atom is -0.458 e. The van der Waals surface area contributed by atoms with Crippen molar-refractivity contribution in [2.45, 2.75) is 88.8 Å². The van der Waals surface area contributed by atoms with Crippen molar-refractivity contribution in [1.82, 2.24) is 0 Å². The lowest BCUT2D eigenvalue weighted by Crippen LogP contribution is -2.67. The third-order valence-corrected chi connectivity index (χ3v) is 8.58. The van der Waals surface area contributed by atoms with Gasteiger partial charge in [-0.15, -0.1) is 0 Å². The van der Waals surface area contributed by atoms with E-state index in [0.29, 0.717) is 11.8 Å². The van der Waals surface area contributed by atoms with Gasteiger partial charge in [0.25, 0.3) is 11.8 Å². The van der Waals surface area contributed by atoms with Gasteiger partial charge in [0.2, 0.25) is 5.67 Å². The van der Waals surface area contributed by atoms with Crippen molar-refractivity contribution in [3.63, 3.8) is 0 Å². The molecular weight excluding hydrogens is 379 g/mol. The summed E-state index contributed by atoms with van der Waals surface area (Å²) in [5, 5.41) is 0. The molecule has 5 aliphatic carbocycles. The number of carbonyl (C=O) groups excluding carboxylic acids is 1. The molecular formula is C21H29F5O2. The third kappa shape index (κ3) is 2.52. The van der Waals surface area contributed by atoms with E-state index in [4.69, 9.17) is 4.74 Å². The van der Waals surface area contributed by atoms with Crippen LogP contribution in [-0.4, -0.2) is 29.1 Å². The van der Waals surface area contributed by atoms with Gasteiger partial charge in [-0.1, -0.05) is 6.92 Å². The highest BCUT2D eigenvalue weighted by atomic mass is 19.3. The highest BCUT2D eigenvalue weighted by Gasteiger charge is 2.76. The zero-order valence-corrected chi connectivity index (χ0v) is 16.6. The first-order valence-corrected chi connectivity index (χ1v) is 10.5. The van der Waals surface area contributed by atoms with Gasteiger partial charge in [-0.2, -0.15) is 0 Å². The van der Waals surface area contributed by atoms with Gasteiger partial charge in [0, 0.05) is 5.92 Å². The molecule has 3 atom stereocenters. The Morgan fingerprint density at radius 2 is 1.36 bits per heavy atom. The zero-order valence-electron chi connectivity index (χ0n) is 16.6. The summed E-state index contributed by atoms with van der Waals surface area (Å²) in [4.78, 5) is 12.9. The molecule has 0 spiro atoms. The molecule has 3 unspecified atom stereocenters. The molecule has 160 valence electrons. The molecule has 0 radical (unpaired) electrons. The van der Waals surface area contributed by atoms with Crippen LogP contribution in [0.15, 0.2) is 0 Å². The highest BCUT2D eigenvalue weighted by molar-refractivity contribution is 5.75. The largest absolute Gasteiger partial charge is 0.458 e. The molecule has 7 heteroatoms. The van der Waals surface area contributed by atoms with Crippen LogP contribution >= 0.6 is 0 Å². The number of esters is 1. The van der Waals surface area contributed by atoms with E-state index in [1.807, 2.05) is 0 Å². The summed E-state index contributed by atoms with van der Waals surface area (Å²) in [7, 11) is 0. The maximum Gasteiger partial charge on any atom is 0.315 e. The van der Waals surface area contributed by atoms with Crippen LogP contribution in [0, 0.1) is 35.5 Å². The van der Waals surface area contributed by atoms with Crippen molar-refractivity contribution >= 4 is 5.97 Å². The summed E-state index contributed by atoms with van der Waals surface area (Å²) in [6.07, 6.45) is 3.89. The minimum atomic E-state index is -4.48. The molecule has 28 heavy (non-hydrogen) atoms. The molecule has 0 aromatic heterocycles. The molecule has 0 saturated heterocycles. The predicted molar refractivity (Wildman–Crippen MR) is 92.8 cm³/mol. The molecule has 2 nitrogen and oxygen atoms in total. The van der Waals surface area contributed by atoms with E-state index >= 15 is 0 Å². The van der Waals surface area contributed by atoms with Crippen LogP contribution in [0.3, 0.4) is 0 Å². The van der Waals surface area contributed by atoms with Gasteiger partial charge in [-0.3, -0.25) is 4.79 Å². The van der Waals surface area contributed by atoms with Crippen LogP contribution < -0.4 is 0 Å². The number of carbonyl (C=O) groups is 1. The summed E-state index contributed by atoms with van der Waals surface area (Å²) < 4.78 is 78.7. The van der Waals surface area contributed by atoms with Crippen molar-refractivity contribution in [2.24, 2.45) is 35.5 Å². The molecule has 4 bridgehead atoms. The molecule has 5 fully saturated rings. The highest BCUT2D eigenvalue weighted by Crippen LogP contribution is 2.61. The molecule has 0 aromatic rings. The smallest absolute Gasteiger partial charge is 0.315 e. The van der Waals surface area contributed by atoms with Gasteiger partial charge in [-0.25, -0.2) is 22.0 Å². The van der Waals surface area contributed by atoms with E-state index in [9.17, 15) is 26.7 Å². The van der Waals surface area contributed by atoms with Gasteiger partial charge in [0.05, 0.1) is 0 Å². The molecule has 0 N–H and O–H groups in total. The Kier molecular flexibility index (Phi) is 4.42. The first kappa shape index (κ1) is 20.4. The lowest BCUT2D eigenvalue weighted by molar-refractivity contribution is -0.308. The van der Waals surface area contributed by atoms with Gasteiger partial charge >= 0.3 is 5.97 Å². The predicted octanol–water partition coefficient (Wildman–Crippen LogP) is 5.79. The van der Waals surface area contributed by atoms with Crippen LogP contribution in [-0.2, 0) is 9.53 Å². The zero-order chi connectivity index (χ0) is 20.7. The first-order valence-electron chi connectivity index (χ1n) is 10.5. The Balaban J connectivity index is 1.59. The average molecular weight is 408 g/mol. The Morgan fingerprint density at radius 1 is 0.857 bits per heavy atom. The summed E-state index contributed by atoms with van der Waals surface area (Å²) in [6, 6.07) is 0. The fourth-order valence-electron chi connectivity index (χ4n) is 6.76. The first-order chi connectivity index (χ1) is 12.8. The van der Waals surface area contributed by atoms with Crippen LogP contribution in [0.25, 0.3) is 0 Å². The monoisotopic (exact) mass is 408 g/mol. The van der Waals surface area contributed by atoms with Crippen molar-refractivity contribution < 1.29 is 31.5 Å². The number of hydrogen-bond acceptors (Lipinski definition) is 2. The van der Waals surface area contributed by atoms with Crippen molar-refractivity contribution in [3.05, 3.63) is 0 Å². The molecule has 0 amide bonds. The lowest BCUT2D eigenvalue weighted by Gasteiger charge is -2.59. The normalized spacial score (nSPS) is 51.1. The molecule has 5 saturated carbocycles. The van der Waals surface area contributed by atoms with Crippen molar-refractivity contribution in [1.29, 1.82) is 0 Å². The lowest BCUT2D eigenvalue weighted by atomic mass is 9.50. The molecule has 5 rings (SSSR count). The second-order valence-corrected chi connectivity index (χ2v) is 10.1. The minimum absolute atomic E-state index is 0.116. The van der Waals surface area contributed by atoms with E-state index in [1.165, 1.54) is 13.3 Å². The average Bonchev–Trinajstić information content (AvgIpc) is 2.58. The Morgan fingerprint density at radius 3 is 1.82 bits per heavy atom. The molecule has 0 heterocycles. The molecule has 0 aliphatic heterocycles. The van der Waals surface area contributed by atoms with Crippen molar-refractivity contribution in [3.8, 4) is 0 Å². The fourth-order valence-corrected chi connectivity index (χ4v) is 6.76. The van der Waals surface area contributed by atoms with Crippen LogP contribution in [0.4, 0.5) is 22.0 Å². The van der Waals surface area contributed by atoms with Crippen LogP contribution in [0.5, 0.6) is 0 Å². The third-order valence-electron chi connectivity index (χ3n) is 8.58. The Bertz CT molecular complexity index is 631. The fraction of sp³-hybridized carbons (Fsp3) is 0.952. The van der Waals surface area contributed by atoms with E-state index in [2.05, 4.69) is 0 Å². The number of alkyl halides is 5. The Hall–Kier alpha value is -0.880. The Labute approximate surface area is 162 Å². The molecule has 0 aromatic carbocycles. The van der Waals surface area contributed by atoms with Crippen LogP contribution in [0.1, 0.15) is 65.7 Å². The maximum absolute atomic E-state index is 14.8. The van der Waals surface area contributed by atoms with Gasteiger partial charge in [0.15, 0.2) is 0 Å². The van der Waals surface area contributed by atoms with E-state index in [-0.39, 0.29) is 25.2 Å². The van der Waals surface area contributed by atoms with Crippen LogP contribution in [0.2, 0.25) is 0 Å². The standard InChI is InChI=1S/C21H29F5O2/c1-4-13-10-16(21(25,26)19(3,22)20(13,23)24)17(27)28-18(2)14-6-11-5-12(8-14)9-15(18)7-11/h11-16H,4-10H2,1-3H3. The quantitative estimate of drug-likeness (QED) is 0.436. The number of rotatable bonds is 3. The molecule has 5 aliphatic rings. The van der Waals surface area contributed by atoms with Gasteiger partial charge in [0.1, 0.15) is 11.5 Å². The summed E-state index contributed by atoms with van der Waals surface area (Å²) in [5.41, 5.74) is -4.94. The number of hydrogen-bond donors (Lipinski definition) is 0. The van der Waals surface area contributed by atoms with E-state index in [0.717, 1.165) is 25.7 Å². The topological polar surface area (TPSA) is 26.3 Å². The number of ether oxygens (including phenoxy) is 1. The summed E-state index contributed by atoms with van der Waals surface area (Å²) in [6.45, 7) is 3.43. The van der Waals surface area contributed by atoms with Crippen molar-refractivity contribution in [2.75, 3.05) is 0 Å². The number of halogens is 5. The van der Waals surface area contributed by atoms with E-state index < -0.39 is 47.3 Å². The van der Waals surface area contributed by atoms with Gasteiger partial charge < -0.3 is 4.74 Å². The summed E-state index contributed by atoms with van der Waals surface area (Å²) >= 11 is 0. The van der Waals surface area contributed by atoms with E-state index in [1.54, 1.807) is 6.92 Å². The summed E-state index contributed by atoms with van der Waals surface area (Å²) in [5.74, 6) is -12.3. The second-order valence-electron chi connectivity index (χ2n) is 10.1. The maximum atomic E-state index is 14.8. The second kappa shape index (κ2) is 6.07.